The highest BCUT2D eigenvalue weighted by atomic mass is 15.3. The minimum Gasteiger partial charge on any atom is -0.313 e. The van der Waals surface area contributed by atoms with Crippen LogP contribution in [0.25, 0.3) is 10.9 Å². The van der Waals surface area contributed by atoms with E-state index in [-0.39, 0.29) is 5.54 Å². The second-order valence-corrected chi connectivity index (χ2v) is 5.72. The van der Waals surface area contributed by atoms with Gasteiger partial charge in [0.2, 0.25) is 0 Å². The van der Waals surface area contributed by atoms with Crippen LogP contribution in [-0.4, -0.2) is 36.1 Å². The Hall–Kier alpha value is -1.45. The van der Waals surface area contributed by atoms with Gasteiger partial charge in [0.1, 0.15) is 0 Å². The van der Waals surface area contributed by atoms with Gasteiger partial charge < -0.3 is 5.32 Å². The summed E-state index contributed by atoms with van der Waals surface area (Å²) in [6, 6.07) is 10.7. The second-order valence-electron chi connectivity index (χ2n) is 5.72. The van der Waals surface area contributed by atoms with Crippen molar-refractivity contribution in [2.75, 3.05) is 26.2 Å². The Labute approximate surface area is 113 Å². The number of para-hydroxylation sites is 1. The van der Waals surface area contributed by atoms with Gasteiger partial charge in [-0.3, -0.25) is 9.88 Å². The molecule has 0 radical (unpaired) electrons. The van der Waals surface area contributed by atoms with Crippen molar-refractivity contribution in [3.63, 3.8) is 0 Å². The molecule has 3 heterocycles. The molecular weight excluding hydrogens is 234 g/mol. The minimum atomic E-state index is 0.190. The maximum atomic E-state index is 4.66. The second kappa shape index (κ2) is 4.29. The van der Waals surface area contributed by atoms with E-state index in [1.807, 2.05) is 0 Å². The minimum absolute atomic E-state index is 0.190. The summed E-state index contributed by atoms with van der Waals surface area (Å²) < 4.78 is 0. The maximum Gasteiger partial charge on any atom is 0.0702 e. The molecule has 2 aliphatic rings. The van der Waals surface area contributed by atoms with E-state index in [1.54, 1.807) is 0 Å². The number of aromatic nitrogens is 1. The van der Waals surface area contributed by atoms with Gasteiger partial charge in [0.15, 0.2) is 0 Å². The molecule has 2 saturated heterocycles. The van der Waals surface area contributed by atoms with Gasteiger partial charge in [-0.15, -0.1) is 0 Å². The third-order valence-corrected chi connectivity index (χ3v) is 4.73. The Morgan fingerprint density at radius 3 is 3.16 bits per heavy atom. The highest BCUT2D eigenvalue weighted by Crippen LogP contribution is 2.39. The van der Waals surface area contributed by atoms with Crippen LogP contribution in [0.3, 0.4) is 0 Å². The van der Waals surface area contributed by atoms with Gasteiger partial charge in [-0.1, -0.05) is 18.2 Å². The molecule has 3 heteroatoms. The summed E-state index contributed by atoms with van der Waals surface area (Å²) in [4.78, 5) is 7.31. The first-order valence-corrected chi connectivity index (χ1v) is 7.20. The van der Waals surface area contributed by atoms with E-state index in [2.05, 4.69) is 51.7 Å². The van der Waals surface area contributed by atoms with E-state index in [0.717, 1.165) is 25.2 Å². The van der Waals surface area contributed by atoms with E-state index in [9.17, 15) is 0 Å². The fraction of sp³-hybridized carbons (Fsp3) is 0.438. The van der Waals surface area contributed by atoms with Crippen molar-refractivity contribution in [3.8, 4) is 0 Å². The van der Waals surface area contributed by atoms with E-state index in [1.165, 1.54) is 30.3 Å². The summed E-state index contributed by atoms with van der Waals surface area (Å²) in [6.45, 7) is 4.57. The molecule has 0 saturated carbocycles. The SMILES string of the molecule is c1ccc2ncc(C34CCCN3CCNC4)cc2c1. The largest absolute Gasteiger partial charge is 0.313 e. The monoisotopic (exact) mass is 253 g/mol. The van der Waals surface area contributed by atoms with Crippen molar-refractivity contribution in [1.29, 1.82) is 0 Å². The van der Waals surface area contributed by atoms with Crippen LogP contribution in [0.1, 0.15) is 18.4 Å². The number of nitrogens with zero attached hydrogens (tertiary/aromatic N) is 2. The standard InChI is InChI=1S/C16H19N3/c1-2-5-15-13(4-1)10-14(11-18-15)16-6-3-8-19(16)9-7-17-12-16/h1-2,4-5,10-11,17H,3,6-9,12H2. The Morgan fingerprint density at radius 2 is 2.16 bits per heavy atom. The van der Waals surface area contributed by atoms with Gasteiger partial charge in [0.05, 0.1) is 11.1 Å². The van der Waals surface area contributed by atoms with Gasteiger partial charge in [-0.25, -0.2) is 0 Å². The van der Waals surface area contributed by atoms with Crippen molar-refractivity contribution in [1.82, 2.24) is 15.2 Å². The maximum absolute atomic E-state index is 4.66. The van der Waals surface area contributed by atoms with Crippen LogP contribution in [0.5, 0.6) is 0 Å². The summed E-state index contributed by atoms with van der Waals surface area (Å²) in [7, 11) is 0. The number of piperazine rings is 1. The number of nitrogens with one attached hydrogen (secondary N) is 1. The lowest BCUT2D eigenvalue weighted by Crippen LogP contribution is -2.55. The molecule has 1 N–H and O–H groups in total. The number of benzene rings is 1. The molecule has 0 spiro atoms. The van der Waals surface area contributed by atoms with Gasteiger partial charge >= 0.3 is 0 Å². The molecule has 98 valence electrons. The number of rotatable bonds is 1. The summed E-state index contributed by atoms with van der Waals surface area (Å²) in [6.07, 6.45) is 4.64. The average Bonchev–Trinajstić information content (AvgIpc) is 2.92. The predicted octanol–water partition coefficient (Wildman–Crippen LogP) is 2.13. The van der Waals surface area contributed by atoms with Crippen molar-refractivity contribution in [3.05, 3.63) is 42.1 Å². The summed E-state index contributed by atoms with van der Waals surface area (Å²) >= 11 is 0. The van der Waals surface area contributed by atoms with E-state index in [0.29, 0.717) is 0 Å². The Bertz CT molecular complexity index is 610. The highest BCUT2D eigenvalue weighted by molar-refractivity contribution is 5.79. The topological polar surface area (TPSA) is 28.2 Å². The highest BCUT2D eigenvalue weighted by Gasteiger charge is 2.43. The zero-order chi connectivity index (χ0) is 12.7. The molecule has 2 aromatic rings. The van der Waals surface area contributed by atoms with Crippen molar-refractivity contribution >= 4 is 10.9 Å². The summed E-state index contributed by atoms with van der Waals surface area (Å²) in [5.41, 5.74) is 2.67. The van der Waals surface area contributed by atoms with Crippen LogP contribution in [0.15, 0.2) is 36.5 Å². The van der Waals surface area contributed by atoms with Gasteiger partial charge in [-0.2, -0.15) is 0 Å². The number of fused-ring (bicyclic) bond motifs is 2. The molecule has 1 aromatic heterocycles. The average molecular weight is 253 g/mol. The molecule has 3 nitrogen and oxygen atoms in total. The van der Waals surface area contributed by atoms with Crippen molar-refractivity contribution < 1.29 is 0 Å². The van der Waals surface area contributed by atoms with E-state index < -0.39 is 0 Å². The lowest BCUT2D eigenvalue weighted by molar-refractivity contribution is 0.104. The zero-order valence-electron chi connectivity index (χ0n) is 11.1. The smallest absolute Gasteiger partial charge is 0.0702 e. The summed E-state index contributed by atoms with van der Waals surface area (Å²) in [5.74, 6) is 0. The Kier molecular flexibility index (Phi) is 2.57. The lowest BCUT2D eigenvalue weighted by Gasteiger charge is -2.43. The molecule has 1 unspecified atom stereocenters. The van der Waals surface area contributed by atoms with Crippen LogP contribution < -0.4 is 5.32 Å². The van der Waals surface area contributed by atoms with Gasteiger partial charge in [0, 0.05) is 31.2 Å². The van der Waals surface area contributed by atoms with Crippen molar-refractivity contribution in [2.24, 2.45) is 0 Å². The molecule has 1 atom stereocenters. The molecule has 2 aliphatic heterocycles. The lowest BCUT2D eigenvalue weighted by atomic mass is 9.86. The fourth-order valence-corrected chi connectivity index (χ4v) is 3.72. The van der Waals surface area contributed by atoms with Gasteiger partial charge in [-0.05, 0) is 37.1 Å². The van der Waals surface area contributed by atoms with E-state index in [4.69, 9.17) is 0 Å². The first kappa shape index (κ1) is 11.4. The zero-order valence-corrected chi connectivity index (χ0v) is 11.1. The first-order valence-electron chi connectivity index (χ1n) is 7.20. The molecule has 2 fully saturated rings. The molecule has 1 aromatic carbocycles. The first-order chi connectivity index (χ1) is 9.38. The van der Waals surface area contributed by atoms with Crippen LogP contribution in [0.4, 0.5) is 0 Å². The number of hydrogen-bond donors (Lipinski definition) is 1. The quantitative estimate of drug-likeness (QED) is 0.844. The molecule has 0 aliphatic carbocycles. The number of hydrogen-bond acceptors (Lipinski definition) is 3. The van der Waals surface area contributed by atoms with Crippen LogP contribution in [-0.2, 0) is 5.54 Å². The van der Waals surface area contributed by atoms with Crippen LogP contribution in [0, 0.1) is 0 Å². The van der Waals surface area contributed by atoms with Crippen molar-refractivity contribution in [2.45, 2.75) is 18.4 Å². The molecule has 0 amide bonds. The predicted molar refractivity (Wildman–Crippen MR) is 77.1 cm³/mol. The Morgan fingerprint density at radius 1 is 1.21 bits per heavy atom. The van der Waals surface area contributed by atoms with E-state index >= 15 is 0 Å². The summed E-state index contributed by atoms with van der Waals surface area (Å²) in [5, 5.41) is 4.83. The molecule has 4 rings (SSSR count). The van der Waals surface area contributed by atoms with Gasteiger partial charge in [0.25, 0.3) is 0 Å². The molecule has 19 heavy (non-hydrogen) atoms. The third kappa shape index (κ3) is 1.69. The third-order valence-electron chi connectivity index (χ3n) is 4.73. The van der Waals surface area contributed by atoms with Crippen LogP contribution in [0.2, 0.25) is 0 Å². The molecular formula is C16H19N3. The Balaban J connectivity index is 1.84. The molecule has 0 bridgehead atoms. The normalized spacial score (nSPS) is 27.6. The number of pyridine rings is 1. The van der Waals surface area contributed by atoms with Crippen LogP contribution >= 0.6 is 0 Å². The fourth-order valence-electron chi connectivity index (χ4n) is 3.72.